The fourth-order valence-corrected chi connectivity index (χ4v) is 2.40. The molecule has 0 bridgehead atoms. The molecule has 4 heteroatoms. The van der Waals surface area contributed by atoms with E-state index >= 15 is 0 Å². The molecule has 2 rings (SSSR count). The minimum Gasteiger partial charge on any atom is -0.494 e. The summed E-state index contributed by atoms with van der Waals surface area (Å²) in [5.74, 6) is 1.77. The second kappa shape index (κ2) is 6.95. The van der Waals surface area contributed by atoms with Crippen molar-refractivity contribution in [1.82, 2.24) is 4.90 Å². The molecular weight excluding hydrogens is 254 g/mol. The molecular formula is C16H25NO3. The van der Waals surface area contributed by atoms with Gasteiger partial charge in [-0.05, 0) is 45.0 Å². The van der Waals surface area contributed by atoms with Crippen LogP contribution in [-0.4, -0.2) is 50.0 Å². The zero-order valence-electron chi connectivity index (χ0n) is 12.7. The molecule has 112 valence electrons. The third-order valence-corrected chi connectivity index (χ3v) is 3.32. The van der Waals surface area contributed by atoms with Crippen LogP contribution in [0.4, 0.5) is 0 Å². The SMILES string of the molecule is CCOc1ccc(OCCN2CCOC(C)(C)C2)cc1. The first-order valence-corrected chi connectivity index (χ1v) is 7.31. The largest absolute Gasteiger partial charge is 0.494 e. The molecule has 0 aromatic heterocycles. The van der Waals surface area contributed by atoms with Gasteiger partial charge in [0.25, 0.3) is 0 Å². The van der Waals surface area contributed by atoms with Crippen LogP contribution in [0.25, 0.3) is 0 Å². The molecule has 0 unspecified atom stereocenters. The molecule has 0 amide bonds. The number of morpholine rings is 1. The van der Waals surface area contributed by atoms with Gasteiger partial charge < -0.3 is 14.2 Å². The van der Waals surface area contributed by atoms with Gasteiger partial charge in [0.15, 0.2) is 0 Å². The molecule has 1 aliphatic rings. The zero-order chi connectivity index (χ0) is 14.4. The van der Waals surface area contributed by atoms with Crippen LogP contribution in [0, 0.1) is 0 Å². The van der Waals surface area contributed by atoms with Crippen molar-refractivity contribution in [2.45, 2.75) is 26.4 Å². The monoisotopic (exact) mass is 279 g/mol. The van der Waals surface area contributed by atoms with E-state index in [-0.39, 0.29) is 5.60 Å². The zero-order valence-corrected chi connectivity index (χ0v) is 12.7. The summed E-state index contributed by atoms with van der Waals surface area (Å²) in [4.78, 5) is 2.39. The van der Waals surface area contributed by atoms with E-state index in [1.807, 2.05) is 31.2 Å². The first-order valence-electron chi connectivity index (χ1n) is 7.31. The molecule has 0 spiro atoms. The Labute approximate surface area is 121 Å². The quantitative estimate of drug-likeness (QED) is 0.801. The lowest BCUT2D eigenvalue weighted by molar-refractivity contribution is -0.0875. The van der Waals surface area contributed by atoms with Gasteiger partial charge in [-0.2, -0.15) is 0 Å². The van der Waals surface area contributed by atoms with E-state index in [9.17, 15) is 0 Å². The number of nitrogens with zero attached hydrogens (tertiary/aromatic N) is 1. The first-order chi connectivity index (χ1) is 9.59. The summed E-state index contributed by atoms with van der Waals surface area (Å²) in [6.07, 6.45) is 0. The number of rotatable bonds is 6. The highest BCUT2D eigenvalue weighted by Gasteiger charge is 2.26. The van der Waals surface area contributed by atoms with E-state index in [2.05, 4.69) is 18.7 Å². The van der Waals surface area contributed by atoms with Gasteiger partial charge in [0.1, 0.15) is 18.1 Å². The summed E-state index contributed by atoms with van der Waals surface area (Å²) < 4.78 is 16.9. The van der Waals surface area contributed by atoms with Crippen molar-refractivity contribution < 1.29 is 14.2 Å². The van der Waals surface area contributed by atoms with Crippen LogP contribution in [0.15, 0.2) is 24.3 Å². The molecule has 4 nitrogen and oxygen atoms in total. The molecule has 0 N–H and O–H groups in total. The Balaban J connectivity index is 1.72. The van der Waals surface area contributed by atoms with Crippen LogP contribution in [0.3, 0.4) is 0 Å². The van der Waals surface area contributed by atoms with E-state index in [0.717, 1.165) is 37.7 Å². The predicted molar refractivity (Wildman–Crippen MR) is 79.6 cm³/mol. The Kier molecular flexibility index (Phi) is 5.26. The van der Waals surface area contributed by atoms with Crippen molar-refractivity contribution in [3.8, 4) is 11.5 Å². The van der Waals surface area contributed by atoms with E-state index in [1.165, 1.54) is 0 Å². The van der Waals surface area contributed by atoms with Crippen LogP contribution in [0.1, 0.15) is 20.8 Å². The summed E-state index contributed by atoms with van der Waals surface area (Å²) in [6.45, 7) is 11.3. The minimum absolute atomic E-state index is 0.0443. The Morgan fingerprint density at radius 1 is 1.15 bits per heavy atom. The maximum atomic E-state index is 5.77. The standard InChI is InChI=1S/C16H25NO3/c1-4-18-14-5-7-15(8-6-14)19-11-9-17-10-12-20-16(2,3)13-17/h5-8H,4,9-13H2,1-3H3. The van der Waals surface area contributed by atoms with Crippen molar-refractivity contribution in [2.24, 2.45) is 0 Å². The van der Waals surface area contributed by atoms with Crippen molar-refractivity contribution in [1.29, 1.82) is 0 Å². The Morgan fingerprint density at radius 2 is 1.80 bits per heavy atom. The second-order valence-corrected chi connectivity index (χ2v) is 5.64. The first kappa shape index (κ1) is 15.1. The van der Waals surface area contributed by atoms with Crippen LogP contribution in [0.2, 0.25) is 0 Å². The highest BCUT2D eigenvalue weighted by atomic mass is 16.5. The summed E-state index contributed by atoms with van der Waals surface area (Å²) in [6, 6.07) is 7.79. The van der Waals surface area contributed by atoms with Crippen LogP contribution in [-0.2, 0) is 4.74 Å². The average Bonchev–Trinajstić information content (AvgIpc) is 2.40. The molecule has 1 aromatic rings. The molecule has 1 fully saturated rings. The highest BCUT2D eigenvalue weighted by molar-refractivity contribution is 5.31. The minimum atomic E-state index is -0.0443. The normalized spacial score (nSPS) is 18.8. The van der Waals surface area contributed by atoms with Crippen LogP contribution >= 0.6 is 0 Å². The molecule has 1 aromatic carbocycles. The van der Waals surface area contributed by atoms with Gasteiger partial charge in [-0.15, -0.1) is 0 Å². The third-order valence-electron chi connectivity index (χ3n) is 3.32. The van der Waals surface area contributed by atoms with Gasteiger partial charge in [-0.25, -0.2) is 0 Å². The smallest absolute Gasteiger partial charge is 0.119 e. The molecule has 0 saturated carbocycles. The summed E-state index contributed by atoms with van der Waals surface area (Å²) >= 11 is 0. The number of ether oxygens (including phenoxy) is 3. The van der Waals surface area contributed by atoms with Gasteiger partial charge in [0.05, 0.1) is 18.8 Å². The highest BCUT2D eigenvalue weighted by Crippen LogP contribution is 2.18. The van der Waals surface area contributed by atoms with Crippen molar-refractivity contribution in [3.05, 3.63) is 24.3 Å². The van der Waals surface area contributed by atoms with E-state index in [1.54, 1.807) is 0 Å². The lowest BCUT2D eigenvalue weighted by Gasteiger charge is -2.38. The summed E-state index contributed by atoms with van der Waals surface area (Å²) in [5, 5.41) is 0. The molecule has 1 saturated heterocycles. The fraction of sp³-hybridized carbons (Fsp3) is 0.625. The topological polar surface area (TPSA) is 30.9 Å². The molecule has 0 radical (unpaired) electrons. The number of hydrogen-bond donors (Lipinski definition) is 0. The lowest BCUT2D eigenvalue weighted by Crippen LogP contribution is -2.49. The van der Waals surface area contributed by atoms with E-state index < -0.39 is 0 Å². The maximum Gasteiger partial charge on any atom is 0.119 e. The third kappa shape index (κ3) is 4.69. The van der Waals surface area contributed by atoms with Gasteiger partial charge in [-0.1, -0.05) is 0 Å². The predicted octanol–water partition coefficient (Wildman–Crippen LogP) is 2.57. The Morgan fingerprint density at radius 3 is 2.40 bits per heavy atom. The van der Waals surface area contributed by atoms with Crippen molar-refractivity contribution in [3.63, 3.8) is 0 Å². The molecule has 1 aliphatic heterocycles. The van der Waals surface area contributed by atoms with Gasteiger partial charge in [0, 0.05) is 19.6 Å². The molecule has 20 heavy (non-hydrogen) atoms. The van der Waals surface area contributed by atoms with E-state index in [0.29, 0.717) is 13.2 Å². The maximum absolute atomic E-state index is 5.77. The summed E-state index contributed by atoms with van der Waals surface area (Å²) in [5.41, 5.74) is -0.0443. The number of hydrogen-bond acceptors (Lipinski definition) is 4. The van der Waals surface area contributed by atoms with Crippen molar-refractivity contribution >= 4 is 0 Å². The van der Waals surface area contributed by atoms with E-state index in [4.69, 9.17) is 14.2 Å². The summed E-state index contributed by atoms with van der Waals surface area (Å²) in [7, 11) is 0. The van der Waals surface area contributed by atoms with Crippen LogP contribution in [0.5, 0.6) is 11.5 Å². The molecule has 0 aliphatic carbocycles. The van der Waals surface area contributed by atoms with Crippen LogP contribution < -0.4 is 9.47 Å². The van der Waals surface area contributed by atoms with Crippen molar-refractivity contribution in [2.75, 3.05) is 39.5 Å². The fourth-order valence-electron chi connectivity index (χ4n) is 2.40. The number of benzene rings is 1. The van der Waals surface area contributed by atoms with Gasteiger partial charge in [-0.3, -0.25) is 4.90 Å². The second-order valence-electron chi connectivity index (χ2n) is 5.64. The molecule has 1 heterocycles. The Bertz CT molecular complexity index is 403. The van der Waals surface area contributed by atoms with Gasteiger partial charge in [0.2, 0.25) is 0 Å². The lowest BCUT2D eigenvalue weighted by atomic mass is 10.1. The Hall–Kier alpha value is -1.26. The van der Waals surface area contributed by atoms with Gasteiger partial charge >= 0.3 is 0 Å². The average molecular weight is 279 g/mol. The molecule has 0 atom stereocenters.